The Kier molecular flexibility index (Phi) is 7.57. The molecule has 0 fully saturated rings. The third kappa shape index (κ3) is 12.7. The molecule has 2 N–H and O–H groups in total. The first-order valence-electron chi connectivity index (χ1n) is 2.13. The van der Waals surface area contributed by atoms with E-state index in [2.05, 4.69) is 9.32 Å². The smallest absolute Gasteiger partial charge is 1.00 e. The van der Waals surface area contributed by atoms with Crippen molar-refractivity contribution < 1.29 is 65.4 Å². The molecule has 6 heteroatoms. The molecule has 0 aliphatic rings. The van der Waals surface area contributed by atoms with Crippen molar-refractivity contribution in [3.63, 3.8) is 0 Å². The number of rotatable bonds is 2. The van der Waals surface area contributed by atoms with Gasteiger partial charge in [0.2, 0.25) is 0 Å². The van der Waals surface area contributed by atoms with Crippen molar-refractivity contribution in [2.24, 2.45) is 5.14 Å². The maximum atomic E-state index is 10.00. The van der Waals surface area contributed by atoms with Gasteiger partial charge >= 0.3 is 61.7 Å². The molecule has 0 aliphatic carbocycles. The zero-order valence-corrected chi connectivity index (χ0v) is 9.73. The van der Waals surface area contributed by atoms with Crippen LogP contribution in [-0.4, -0.2) is 14.5 Å². The van der Waals surface area contributed by atoms with Crippen molar-refractivity contribution in [1.29, 1.82) is 0 Å². The molecule has 52 valence electrons. The van der Waals surface area contributed by atoms with Crippen LogP contribution in [0.15, 0.2) is 0 Å². The fourth-order valence-electron chi connectivity index (χ4n) is 0.268. The Balaban J connectivity index is -0.000000245. The Morgan fingerprint density at radius 3 is 1.89 bits per heavy atom. The quantitative estimate of drug-likeness (QED) is 0.452. The minimum absolute atomic E-state index is 0. The van der Waals surface area contributed by atoms with E-state index < -0.39 is 10.3 Å². The van der Waals surface area contributed by atoms with Crippen LogP contribution in [0.3, 0.4) is 0 Å². The third-order valence-corrected chi connectivity index (χ3v) is 0.980. The summed E-state index contributed by atoms with van der Waals surface area (Å²) < 4.78 is 24.2. The van der Waals surface area contributed by atoms with Gasteiger partial charge in [0.15, 0.2) is 0 Å². The van der Waals surface area contributed by atoms with Gasteiger partial charge in [-0.25, -0.2) is 5.14 Å². The van der Waals surface area contributed by atoms with Crippen LogP contribution in [0.4, 0.5) is 0 Å². The summed E-state index contributed by atoms with van der Waals surface area (Å²) in [7, 11) is -3.72. The van der Waals surface area contributed by atoms with Gasteiger partial charge in [-0.1, -0.05) is 0 Å². The maximum Gasteiger partial charge on any atom is 1.00 e. The van der Waals surface area contributed by atoms with Gasteiger partial charge in [-0.2, -0.15) is 8.42 Å². The topological polar surface area (TPSA) is 69.4 Å². The van der Waals surface area contributed by atoms with E-state index >= 15 is 0 Å². The fourth-order valence-corrected chi connectivity index (χ4v) is 0.805. The molecule has 0 rings (SSSR count). The van der Waals surface area contributed by atoms with Crippen molar-refractivity contribution in [3.05, 3.63) is 0 Å². The van der Waals surface area contributed by atoms with Crippen LogP contribution in [0, 0.1) is 0 Å². The summed E-state index contributed by atoms with van der Waals surface area (Å²) in [6.07, 6.45) is -0.370. The zero-order valence-electron chi connectivity index (χ0n) is 6.79. The van der Waals surface area contributed by atoms with Crippen molar-refractivity contribution in [1.82, 2.24) is 0 Å². The van der Waals surface area contributed by atoms with Crippen LogP contribution in [0.2, 0.25) is 0 Å². The SMILES string of the molecule is CC(C)OS(N)(=O)=O.[H-].[K+]. The minimum atomic E-state index is -3.72. The molecule has 0 radical (unpaired) electrons. The molecule has 0 aromatic heterocycles. The van der Waals surface area contributed by atoms with Crippen molar-refractivity contribution >= 4 is 10.3 Å². The molecule has 0 aromatic carbocycles. The van der Waals surface area contributed by atoms with E-state index in [1.807, 2.05) is 0 Å². The predicted octanol–water partition coefficient (Wildman–Crippen LogP) is -3.27. The van der Waals surface area contributed by atoms with Gasteiger partial charge in [0.05, 0.1) is 6.10 Å². The van der Waals surface area contributed by atoms with Gasteiger partial charge in [0.1, 0.15) is 0 Å². The van der Waals surface area contributed by atoms with Gasteiger partial charge in [-0.05, 0) is 13.8 Å². The van der Waals surface area contributed by atoms with Crippen LogP contribution < -0.4 is 56.5 Å². The second-order valence-electron chi connectivity index (χ2n) is 1.64. The molecule has 0 atom stereocenters. The Hall–Kier alpha value is 1.51. The van der Waals surface area contributed by atoms with Crippen molar-refractivity contribution in [2.45, 2.75) is 20.0 Å². The minimum Gasteiger partial charge on any atom is -1.00 e. The van der Waals surface area contributed by atoms with Gasteiger partial charge < -0.3 is 1.43 Å². The molecular formula is C3H10KNO3S. The van der Waals surface area contributed by atoms with E-state index in [1.165, 1.54) is 0 Å². The second-order valence-corrected chi connectivity index (χ2v) is 2.82. The Labute approximate surface area is 99.3 Å². The monoisotopic (exact) mass is 179 g/mol. The molecule has 0 saturated heterocycles. The number of hydrogen-bond donors (Lipinski definition) is 1. The molecule has 0 aliphatic heterocycles. The molecule has 0 heterocycles. The van der Waals surface area contributed by atoms with Crippen molar-refractivity contribution in [2.75, 3.05) is 0 Å². The molecule has 0 unspecified atom stereocenters. The summed E-state index contributed by atoms with van der Waals surface area (Å²) in [5.74, 6) is 0. The number of hydrogen-bond acceptors (Lipinski definition) is 3. The van der Waals surface area contributed by atoms with Crippen LogP contribution in [0.1, 0.15) is 15.3 Å². The van der Waals surface area contributed by atoms with Crippen LogP contribution in [0.5, 0.6) is 0 Å². The summed E-state index contributed by atoms with van der Waals surface area (Å²) in [5.41, 5.74) is 0. The first-order valence-corrected chi connectivity index (χ1v) is 3.60. The van der Waals surface area contributed by atoms with Gasteiger partial charge in [0, 0.05) is 0 Å². The van der Waals surface area contributed by atoms with Gasteiger partial charge in [-0.15, -0.1) is 0 Å². The van der Waals surface area contributed by atoms with Crippen LogP contribution in [-0.2, 0) is 14.5 Å². The molecular weight excluding hydrogens is 169 g/mol. The number of nitrogens with two attached hydrogens (primary N) is 1. The van der Waals surface area contributed by atoms with E-state index in [1.54, 1.807) is 13.8 Å². The van der Waals surface area contributed by atoms with Crippen LogP contribution >= 0.6 is 0 Å². The average molecular weight is 179 g/mol. The Bertz CT molecular complexity index is 157. The van der Waals surface area contributed by atoms with E-state index in [0.717, 1.165) is 0 Å². The summed E-state index contributed by atoms with van der Waals surface area (Å²) >= 11 is 0. The summed E-state index contributed by atoms with van der Waals surface area (Å²) in [6.45, 7) is 3.18. The Morgan fingerprint density at radius 2 is 1.89 bits per heavy atom. The molecule has 0 spiro atoms. The second kappa shape index (κ2) is 5.20. The largest absolute Gasteiger partial charge is 1.00 e. The summed E-state index contributed by atoms with van der Waals surface area (Å²) in [6, 6.07) is 0. The normalized spacial score (nSPS) is 11.1. The fraction of sp³-hybridized carbons (Fsp3) is 1.00. The maximum absolute atomic E-state index is 10.00. The summed E-state index contributed by atoms with van der Waals surface area (Å²) in [4.78, 5) is 0. The molecule has 0 saturated carbocycles. The molecule has 0 bridgehead atoms. The van der Waals surface area contributed by atoms with E-state index in [-0.39, 0.29) is 58.9 Å². The molecule has 9 heavy (non-hydrogen) atoms. The van der Waals surface area contributed by atoms with Crippen LogP contribution in [0.25, 0.3) is 0 Å². The van der Waals surface area contributed by atoms with Gasteiger partial charge in [-0.3, -0.25) is 4.18 Å². The standard InChI is InChI=1S/C3H9NO3S.K.H/c1-3(2)7-8(4,5)6;;/h3H,1-2H3,(H2,4,5,6);;/q;+1;-1. The predicted molar refractivity (Wildman–Crippen MR) is 30.4 cm³/mol. The third-order valence-electron chi connectivity index (χ3n) is 0.327. The molecule has 0 aromatic rings. The average Bonchev–Trinajstić information content (AvgIpc) is 1.21. The zero-order chi connectivity index (χ0) is 6.78. The molecule has 4 nitrogen and oxygen atoms in total. The molecule has 0 amide bonds. The van der Waals surface area contributed by atoms with Crippen molar-refractivity contribution in [3.8, 4) is 0 Å². The first-order chi connectivity index (χ1) is 3.42. The first kappa shape index (κ1) is 13.1. The Morgan fingerprint density at radius 1 is 1.56 bits per heavy atom. The van der Waals surface area contributed by atoms with Gasteiger partial charge in [0.25, 0.3) is 0 Å². The van der Waals surface area contributed by atoms with E-state index in [0.29, 0.717) is 0 Å². The summed E-state index contributed by atoms with van der Waals surface area (Å²) in [5, 5.41) is 4.49. The van der Waals surface area contributed by atoms with E-state index in [4.69, 9.17) is 0 Å². The van der Waals surface area contributed by atoms with E-state index in [9.17, 15) is 8.42 Å².